The first-order valence-electron chi connectivity index (χ1n) is 3.87. The number of rotatable bonds is 2. The van der Waals surface area contributed by atoms with E-state index in [1.54, 1.807) is 0 Å². The molecule has 0 atom stereocenters. The lowest BCUT2D eigenvalue weighted by molar-refractivity contribution is -0.108. The number of carbonyl (C=O) groups excluding carboxylic acids is 1. The van der Waals surface area contributed by atoms with Crippen molar-refractivity contribution in [2.24, 2.45) is 0 Å². The van der Waals surface area contributed by atoms with Crippen LogP contribution in [-0.2, 0) is 4.79 Å². The Bertz CT molecular complexity index is 282. The van der Waals surface area contributed by atoms with Gasteiger partial charge < -0.3 is 0 Å². The third kappa shape index (κ3) is 1.64. The first-order valence-corrected chi connectivity index (χ1v) is 3.87. The van der Waals surface area contributed by atoms with Crippen molar-refractivity contribution in [1.82, 2.24) is 5.32 Å². The molecule has 0 heterocycles. The van der Waals surface area contributed by atoms with E-state index in [1.165, 1.54) is 5.56 Å². The SMILES string of the molecule is Cc1cc(C)c([N]C=O)c(C)c1. The summed E-state index contributed by atoms with van der Waals surface area (Å²) in [5.74, 6) is 0. The van der Waals surface area contributed by atoms with E-state index in [1.807, 2.05) is 32.9 Å². The average Bonchev–Trinajstić information content (AvgIpc) is 1.96. The minimum Gasteiger partial charge on any atom is -0.276 e. The molecule has 2 heteroatoms. The highest BCUT2D eigenvalue weighted by Gasteiger charge is 2.02. The van der Waals surface area contributed by atoms with Crippen LogP contribution in [0.2, 0.25) is 0 Å². The molecule has 1 aromatic carbocycles. The van der Waals surface area contributed by atoms with Crippen LogP contribution >= 0.6 is 0 Å². The van der Waals surface area contributed by atoms with Crippen LogP contribution in [0.5, 0.6) is 0 Å². The minimum absolute atomic E-state index is 0.588. The van der Waals surface area contributed by atoms with Gasteiger partial charge in [0.1, 0.15) is 0 Å². The number of amides is 1. The number of aryl methyl sites for hydroxylation is 3. The van der Waals surface area contributed by atoms with E-state index in [9.17, 15) is 4.79 Å². The van der Waals surface area contributed by atoms with Crippen molar-refractivity contribution in [1.29, 1.82) is 0 Å². The fraction of sp³-hybridized carbons (Fsp3) is 0.300. The molecule has 0 unspecified atom stereocenters. The van der Waals surface area contributed by atoms with Gasteiger partial charge in [-0.15, -0.1) is 0 Å². The van der Waals surface area contributed by atoms with E-state index >= 15 is 0 Å². The smallest absolute Gasteiger partial charge is 0.233 e. The molecule has 0 N–H and O–H groups in total. The summed E-state index contributed by atoms with van der Waals surface area (Å²) >= 11 is 0. The third-order valence-corrected chi connectivity index (χ3v) is 1.82. The molecule has 2 nitrogen and oxygen atoms in total. The first kappa shape index (κ1) is 8.78. The molecule has 0 aliphatic heterocycles. The molecule has 0 aliphatic rings. The zero-order chi connectivity index (χ0) is 9.14. The fourth-order valence-electron chi connectivity index (χ4n) is 1.43. The van der Waals surface area contributed by atoms with E-state index in [2.05, 4.69) is 5.32 Å². The van der Waals surface area contributed by atoms with Gasteiger partial charge in [-0.3, -0.25) is 4.79 Å². The Balaban J connectivity index is 3.18. The monoisotopic (exact) mass is 162 g/mol. The molecule has 0 aromatic heterocycles. The van der Waals surface area contributed by atoms with Gasteiger partial charge in [0.2, 0.25) is 6.41 Å². The molecule has 0 saturated heterocycles. The standard InChI is InChI=1S/C10H12NO/c1-7-4-8(2)10(11-6-12)9(3)5-7/h4-6H,1-3H3. The lowest BCUT2D eigenvalue weighted by atomic mass is 10.1. The molecule has 0 aliphatic carbocycles. The van der Waals surface area contributed by atoms with Crippen LogP contribution < -0.4 is 5.32 Å². The van der Waals surface area contributed by atoms with Crippen molar-refractivity contribution in [3.63, 3.8) is 0 Å². The van der Waals surface area contributed by atoms with E-state index in [-0.39, 0.29) is 0 Å². The van der Waals surface area contributed by atoms with E-state index in [0.717, 1.165) is 16.8 Å². The molecule has 1 amide bonds. The summed E-state index contributed by atoms with van der Waals surface area (Å²) in [6, 6.07) is 4.05. The van der Waals surface area contributed by atoms with E-state index in [0.29, 0.717) is 6.41 Å². The second-order valence-electron chi connectivity index (χ2n) is 2.98. The van der Waals surface area contributed by atoms with Crippen LogP contribution in [-0.4, -0.2) is 6.41 Å². The first-order chi connectivity index (χ1) is 5.65. The quantitative estimate of drug-likeness (QED) is 0.612. The maximum absolute atomic E-state index is 10.2. The van der Waals surface area contributed by atoms with Crippen LogP contribution in [0.15, 0.2) is 12.1 Å². The van der Waals surface area contributed by atoms with E-state index < -0.39 is 0 Å². The summed E-state index contributed by atoms with van der Waals surface area (Å²) in [6.45, 7) is 5.95. The van der Waals surface area contributed by atoms with Crippen LogP contribution in [0.4, 0.5) is 5.69 Å². The van der Waals surface area contributed by atoms with E-state index in [4.69, 9.17) is 0 Å². The Morgan fingerprint density at radius 3 is 2.08 bits per heavy atom. The van der Waals surface area contributed by atoms with Crippen molar-refractivity contribution in [2.45, 2.75) is 20.8 Å². The van der Waals surface area contributed by atoms with Gasteiger partial charge in [0.25, 0.3) is 0 Å². The molecule has 12 heavy (non-hydrogen) atoms. The van der Waals surface area contributed by atoms with Crippen molar-refractivity contribution >= 4 is 12.1 Å². The van der Waals surface area contributed by atoms with Crippen LogP contribution in [0.1, 0.15) is 16.7 Å². The van der Waals surface area contributed by atoms with Crippen LogP contribution in [0.3, 0.4) is 0 Å². The van der Waals surface area contributed by atoms with Gasteiger partial charge in [0.15, 0.2) is 0 Å². The number of nitrogens with zero attached hydrogens (tertiary/aromatic N) is 1. The van der Waals surface area contributed by atoms with Crippen molar-refractivity contribution < 1.29 is 4.79 Å². The lowest BCUT2D eigenvalue weighted by Crippen LogP contribution is -1.98. The molecule has 0 saturated carbocycles. The highest BCUT2D eigenvalue weighted by atomic mass is 16.1. The Morgan fingerprint density at radius 2 is 1.67 bits per heavy atom. The summed E-state index contributed by atoms with van der Waals surface area (Å²) < 4.78 is 0. The highest BCUT2D eigenvalue weighted by Crippen LogP contribution is 2.20. The van der Waals surface area contributed by atoms with Crippen LogP contribution in [0.25, 0.3) is 0 Å². The number of hydrogen-bond acceptors (Lipinski definition) is 1. The maximum atomic E-state index is 10.2. The predicted octanol–water partition coefficient (Wildman–Crippen LogP) is 2.00. The maximum Gasteiger partial charge on any atom is 0.233 e. The topological polar surface area (TPSA) is 31.2 Å². The van der Waals surface area contributed by atoms with Gasteiger partial charge in [-0.05, 0) is 31.9 Å². The zero-order valence-electron chi connectivity index (χ0n) is 7.59. The Morgan fingerprint density at radius 1 is 1.17 bits per heavy atom. The second kappa shape index (κ2) is 3.39. The van der Waals surface area contributed by atoms with Gasteiger partial charge in [-0.2, -0.15) is 0 Å². The predicted molar refractivity (Wildman–Crippen MR) is 48.5 cm³/mol. The summed E-state index contributed by atoms with van der Waals surface area (Å²) in [5, 5.41) is 3.77. The summed E-state index contributed by atoms with van der Waals surface area (Å²) in [6.07, 6.45) is 0.588. The Hall–Kier alpha value is -1.31. The molecule has 0 bridgehead atoms. The number of hydrogen-bond donors (Lipinski definition) is 0. The molecule has 0 fully saturated rings. The van der Waals surface area contributed by atoms with Crippen molar-refractivity contribution in [2.75, 3.05) is 0 Å². The fourth-order valence-corrected chi connectivity index (χ4v) is 1.43. The van der Waals surface area contributed by atoms with Crippen molar-refractivity contribution in [3.05, 3.63) is 28.8 Å². The summed E-state index contributed by atoms with van der Waals surface area (Å²) in [4.78, 5) is 10.2. The van der Waals surface area contributed by atoms with Gasteiger partial charge in [0, 0.05) is 0 Å². The zero-order valence-corrected chi connectivity index (χ0v) is 7.59. The van der Waals surface area contributed by atoms with Gasteiger partial charge in [0.05, 0.1) is 5.69 Å². The second-order valence-corrected chi connectivity index (χ2v) is 2.98. The normalized spacial score (nSPS) is 9.58. The third-order valence-electron chi connectivity index (χ3n) is 1.82. The largest absolute Gasteiger partial charge is 0.276 e. The average molecular weight is 162 g/mol. The summed E-state index contributed by atoms with van der Waals surface area (Å²) in [7, 11) is 0. The highest BCUT2D eigenvalue weighted by molar-refractivity contribution is 5.64. The van der Waals surface area contributed by atoms with Gasteiger partial charge in [-0.25, -0.2) is 5.32 Å². The molecule has 1 radical (unpaired) electrons. The van der Waals surface area contributed by atoms with Gasteiger partial charge >= 0.3 is 0 Å². The Labute approximate surface area is 72.6 Å². The molecule has 63 valence electrons. The number of carbonyl (C=O) groups is 1. The Kier molecular flexibility index (Phi) is 2.48. The molecular weight excluding hydrogens is 150 g/mol. The van der Waals surface area contributed by atoms with Gasteiger partial charge in [-0.1, -0.05) is 17.7 Å². The lowest BCUT2D eigenvalue weighted by Gasteiger charge is -2.06. The molecule has 0 spiro atoms. The van der Waals surface area contributed by atoms with Crippen LogP contribution in [0, 0.1) is 20.8 Å². The van der Waals surface area contributed by atoms with Crippen molar-refractivity contribution in [3.8, 4) is 0 Å². The molecule has 1 aromatic rings. The molecular formula is C10H12NO. The molecule has 1 rings (SSSR count). The minimum atomic E-state index is 0.588. The number of benzene rings is 1. The summed E-state index contributed by atoms with van der Waals surface area (Å²) in [5.41, 5.74) is 4.12.